The first-order chi connectivity index (χ1) is 9.19. The van der Waals surface area contributed by atoms with E-state index >= 15 is 0 Å². The molecule has 0 aliphatic carbocycles. The zero-order valence-corrected chi connectivity index (χ0v) is 12.1. The van der Waals surface area contributed by atoms with Crippen molar-refractivity contribution in [1.29, 1.82) is 0 Å². The van der Waals surface area contributed by atoms with Crippen molar-refractivity contribution in [2.24, 2.45) is 0 Å². The van der Waals surface area contributed by atoms with E-state index in [1.165, 1.54) is 12.1 Å². The highest BCUT2D eigenvalue weighted by molar-refractivity contribution is 7.09. The molecule has 2 rings (SSSR count). The van der Waals surface area contributed by atoms with Crippen LogP contribution in [0.15, 0.2) is 29.6 Å². The first-order valence-corrected chi connectivity index (χ1v) is 7.47. The number of benzene rings is 1. The van der Waals surface area contributed by atoms with Gasteiger partial charge in [-0.3, -0.25) is 0 Å². The zero-order valence-electron chi connectivity index (χ0n) is 11.3. The Morgan fingerprint density at radius 2 is 2.05 bits per heavy atom. The fourth-order valence-electron chi connectivity index (χ4n) is 2.09. The second-order valence-corrected chi connectivity index (χ2v) is 5.64. The number of aryl methyl sites for hydroxylation is 1. The third-order valence-corrected chi connectivity index (χ3v) is 3.94. The summed E-state index contributed by atoms with van der Waals surface area (Å²) in [6.07, 6.45) is 1.92. The largest absolute Gasteiger partial charge is 0.310 e. The molecule has 0 aliphatic rings. The Hall–Kier alpha value is -1.26. The molecule has 1 N–H and O–H groups in total. The third kappa shape index (κ3) is 4.11. The van der Waals surface area contributed by atoms with Crippen molar-refractivity contribution < 1.29 is 4.39 Å². The van der Waals surface area contributed by atoms with Crippen LogP contribution in [0.5, 0.6) is 0 Å². The number of nitrogens with zero attached hydrogens (tertiary/aromatic N) is 1. The van der Waals surface area contributed by atoms with E-state index in [1.807, 2.05) is 19.1 Å². The van der Waals surface area contributed by atoms with Gasteiger partial charge in [-0.2, -0.15) is 0 Å². The lowest BCUT2D eigenvalue weighted by Crippen LogP contribution is -2.23. The minimum atomic E-state index is -0.184. The summed E-state index contributed by atoms with van der Waals surface area (Å²) in [5.41, 5.74) is 2.28. The van der Waals surface area contributed by atoms with Gasteiger partial charge in [-0.1, -0.05) is 19.1 Å². The zero-order chi connectivity index (χ0) is 13.7. The molecule has 0 bridgehead atoms. The molecule has 19 heavy (non-hydrogen) atoms. The van der Waals surface area contributed by atoms with Crippen LogP contribution < -0.4 is 5.32 Å². The molecule has 0 saturated carbocycles. The minimum Gasteiger partial charge on any atom is -0.310 e. The molecule has 1 aromatic carbocycles. The summed E-state index contributed by atoms with van der Waals surface area (Å²) in [4.78, 5) is 4.45. The highest BCUT2D eigenvalue weighted by Crippen LogP contribution is 2.17. The molecule has 1 heterocycles. The molecule has 2 aromatic rings. The van der Waals surface area contributed by atoms with Gasteiger partial charge in [0, 0.05) is 24.4 Å². The van der Waals surface area contributed by atoms with Crippen LogP contribution in [0.3, 0.4) is 0 Å². The van der Waals surface area contributed by atoms with Gasteiger partial charge in [-0.25, -0.2) is 9.37 Å². The van der Waals surface area contributed by atoms with Crippen molar-refractivity contribution in [2.45, 2.75) is 32.7 Å². The van der Waals surface area contributed by atoms with E-state index in [-0.39, 0.29) is 11.9 Å². The molecule has 0 fully saturated rings. The van der Waals surface area contributed by atoms with Gasteiger partial charge < -0.3 is 5.32 Å². The monoisotopic (exact) mass is 278 g/mol. The first kappa shape index (κ1) is 14.2. The fraction of sp³-hybridized carbons (Fsp3) is 0.400. The summed E-state index contributed by atoms with van der Waals surface area (Å²) in [7, 11) is 0. The second kappa shape index (κ2) is 6.78. The Kier molecular flexibility index (Phi) is 5.05. The normalized spacial score (nSPS) is 12.6. The number of rotatable bonds is 6. The lowest BCUT2D eigenvalue weighted by molar-refractivity contribution is 0.519. The van der Waals surface area contributed by atoms with E-state index in [0.29, 0.717) is 0 Å². The van der Waals surface area contributed by atoms with Crippen molar-refractivity contribution in [3.8, 4) is 0 Å². The second-order valence-electron chi connectivity index (χ2n) is 4.57. The highest BCUT2D eigenvalue weighted by atomic mass is 32.1. The average Bonchev–Trinajstić information content (AvgIpc) is 2.82. The summed E-state index contributed by atoms with van der Waals surface area (Å²) >= 11 is 1.69. The Bertz CT molecular complexity index is 507. The quantitative estimate of drug-likeness (QED) is 0.867. The van der Waals surface area contributed by atoms with E-state index in [2.05, 4.69) is 22.6 Å². The molecule has 4 heteroatoms. The van der Waals surface area contributed by atoms with E-state index in [9.17, 15) is 4.39 Å². The van der Waals surface area contributed by atoms with Crippen molar-refractivity contribution in [2.75, 3.05) is 6.54 Å². The molecule has 2 nitrogen and oxygen atoms in total. The van der Waals surface area contributed by atoms with Gasteiger partial charge in [0.25, 0.3) is 0 Å². The van der Waals surface area contributed by atoms with E-state index < -0.39 is 0 Å². The maximum Gasteiger partial charge on any atom is 0.123 e. The summed E-state index contributed by atoms with van der Waals surface area (Å²) in [6, 6.07) is 7.01. The maximum absolute atomic E-state index is 12.9. The van der Waals surface area contributed by atoms with Crippen LogP contribution in [0.1, 0.15) is 35.7 Å². The lowest BCUT2D eigenvalue weighted by Gasteiger charge is -2.17. The summed E-state index contributed by atoms with van der Waals surface area (Å²) < 4.78 is 12.9. The standard InChI is InChI=1S/C15H19FN2S/c1-3-15(12-4-6-13(16)7-5-12)17-9-8-14-10-19-11(2)18-14/h4-7,10,15,17H,3,8-9H2,1-2H3. The molecule has 1 atom stereocenters. The topological polar surface area (TPSA) is 24.9 Å². The predicted octanol–water partition coefficient (Wildman–Crippen LogP) is 3.87. The Morgan fingerprint density at radius 1 is 1.32 bits per heavy atom. The number of halogens is 1. The van der Waals surface area contributed by atoms with Crippen molar-refractivity contribution >= 4 is 11.3 Å². The van der Waals surface area contributed by atoms with Crippen LogP contribution in [0.4, 0.5) is 4.39 Å². The van der Waals surface area contributed by atoms with Gasteiger partial charge in [0.15, 0.2) is 0 Å². The molecule has 1 aromatic heterocycles. The Labute approximate surface area is 117 Å². The summed E-state index contributed by atoms with van der Waals surface area (Å²) in [5, 5.41) is 6.72. The fourth-order valence-corrected chi connectivity index (χ4v) is 2.74. The van der Waals surface area contributed by atoms with Crippen LogP contribution >= 0.6 is 11.3 Å². The third-order valence-electron chi connectivity index (χ3n) is 3.12. The molecule has 0 spiro atoms. The molecule has 0 aliphatic heterocycles. The Morgan fingerprint density at radius 3 is 2.63 bits per heavy atom. The molecular formula is C15H19FN2S. The van der Waals surface area contributed by atoms with Gasteiger partial charge in [0.2, 0.25) is 0 Å². The summed E-state index contributed by atoms with van der Waals surface area (Å²) in [5.74, 6) is -0.184. The minimum absolute atomic E-state index is 0.184. The van der Waals surface area contributed by atoms with Crippen molar-refractivity contribution in [3.63, 3.8) is 0 Å². The number of hydrogen-bond acceptors (Lipinski definition) is 3. The molecule has 1 unspecified atom stereocenters. The van der Waals surface area contributed by atoms with Crippen LogP contribution in [0.25, 0.3) is 0 Å². The summed E-state index contributed by atoms with van der Waals surface area (Å²) in [6.45, 7) is 5.04. The van der Waals surface area contributed by atoms with Gasteiger partial charge >= 0.3 is 0 Å². The number of aromatic nitrogens is 1. The highest BCUT2D eigenvalue weighted by Gasteiger charge is 2.08. The van der Waals surface area contributed by atoms with E-state index in [4.69, 9.17) is 0 Å². The smallest absolute Gasteiger partial charge is 0.123 e. The molecule has 0 saturated heterocycles. The average molecular weight is 278 g/mol. The van der Waals surface area contributed by atoms with Gasteiger partial charge in [-0.15, -0.1) is 11.3 Å². The molecule has 0 radical (unpaired) electrons. The lowest BCUT2D eigenvalue weighted by atomic mass is 10.0. The first-order valence-electron chi connectivity index (χ1n) is 6.59. The van der Waals surface area contributed by atoms with Crippen LogP contribution in [0, 0.1) is 12.7 Å². The predicted molar refractivity (Wildman–Crippen MR) is 78.0 cm³/mol. The number of hydrogen-bond donors (Lipinski definition) is 1. The molecular weight excluding hydrogens is 259 g/mol. The number of thiazole rings is 1. The van der Waals surface area contributed by atoms with Crippen LogP contribution in [-0.4, -0.2) is 11.5 Å². The van der Waals surface area contributed by atoms with Crippen molar-refractivity contribution in [3.05, 3.63) is 51.7 Å². The van der Waals surface area contributed by atoms with Gasteiger partial charge in [-0.05, 0) is 31.0 Å². The van der Waals surface area contributed by atoms with E-state index in [1.54, 1.807) is 11.3 Å². The van der Waals surface area contributed by atoms with Crippen LogP contribution in [-0.2, 0) is 6.42 Å². The van der Waals surface area contributed by atoms with Gasteiger partial charge in [0.1, 0.15) is 5.82 Å². The van der Waals surface area contributed by atoms with E-state index in [0.717, 1.165) is 35.7 Å². The van der Waals surface area contributed by atoms with Gasteiger partial charge in [0.05, 0.1) is 10.7 Å². The van der Waals surface area contributed by atoms with Crippen molar-refractivity contribution in [1.82, 2.24) is 10.3 Å². The SMILES string of the molecule is CCC(NCCc1csc(C)n1)c1ccc(F)cc1. The molecule has 0 amide bonds. The maximum atomic E-state index is 12.9. The Balaban J connectivity index is 1.87. The van der Waals surface area contributed by atoms with Crippen LogP contribution in [0.2, 0.25) is 0 Å². The molecule has 102 valence electrons. The number of nitrogens with one attached hydrogen (secondary N) is 1.